The number of rotatable bonds is 9. The van der Waals surface area contributed by atoms with Gasteiger partial charge >= 0.3 is 0 Å². The molecule has 3 nitrogen and oxygen atoms in total. The molecule has 19 heavy (non-hydrogen) atoms. The van der Waals surface area contributed by atoms with E-state index in [2.05, 4.69) is 48.4 Å². The molecule has 0 aliphatic heterocycles. The van der Waals surface area contributed by atoms with Crippen molar-refractivity contribution in [2.75, 3.05) is 30.9 Å². The normalized spacial score (nSPS) is 12.7. The average molecular weight is 281 g/mol. The van der Waals surface area contributed by atoms with Crippen LogP contribution in [0.5, 0.6) is 0 Å². The number of hydrogen-bond acceptors (Lipinski definition) is 4. The van der Waals surface area contributed by atoms with E-state index < -0.39 is 0 Å². The Morgan fingerprint density at radius 1 is 1.42 bits per heavy atom. The van der Waals surface area contributed by atoms with Crippen LogP contribution in [-0.4, -0.2) is 41.5 Å². The minimum absolute atomic E-state index is 0.634. The maximum atomic E-state index is 4.46. The Morgan fingerprint density at radius 2 is 2.21 bits per heavy atom. The van der Waals surface area contributed by atoms with Crippen molar-refractivity contribution in [2.45, 2.75) is 39.3 Å². The van der Waals surface area contributed by atoms with Gasteiger partial charge in [0.15, 0.2) is 0 Å². The first-order chi connectivity index (χ1) is 9.22. The summed E-state index contributed by atoms with van der Waals surface area (Å²) < 4.78 is 0. The van der Waals surface area contributed by atoms with Crippen LogP contribution in [0.2, 0.25) is 0 Å². The van der Waals surface area contributed by atoms with Crippen molar-refractivity contribution >= 4 is 17.6 Å². The summed E-state index contributed by atoms with van der Waals surface area (Å²) in [6.45, 7) is 6.37. The molecule has 108 valence electrons. The lowest BCUT2D eigenvalue weighted by molar-refractivity contribution is 0.248. The van der Waals surface area contributed by atoms with Crippen LogP contribution in [0, 0.1) is 0 Å². The highest BCUT2D eigenvalue weighted by Crippen LogP contribution is 2.17. The Morgan fingerprint density at radius 3 is 2.84 bits per heavy atom. The highest BCUT2D eigenvalue weighted by atomic mass is 32.2. The first-order valence-electron chi connectivity index (χ1n) is 7.09. The fourth-order valence-electron chi connectivity index (χ4n) is 2.12. The Bertz CT molecular complexity index is 357. The maximum Gasteiger partial charge on any atom is 0.130 e. The summed E-state index contributed by atoms with van der Waals surface area (Å²) in [5.41, 5.74) is 1.29. The average Bonchev–Trinajstić information content (AvgIpc) is 2.43. The van der Waals surface area contributed by atoms with Crippen molar-refractivity contribution < 1.29 is 0 Å². The summed E-state index contributed by atoms with van der Waals surface area (Å²) in [5, 5.41) is 3.41. The molecule has 1 atom stereocenters. The summed E-state index contributed by atoms with van der Waals surface area (Å²) >= 11 is 1.92. The predicted molar refractivity (Wildman–Crippen MR) is 86.9 cm³/mol. The number of aromatic nitrogens is 1. The van der Waals surface area contributed by atoms with Gasteiger partial charge in [-0.25, -0.2) is 4.98 Å². The fourth-order valence-corrected chi connectivity index (χ4v) is 2.99. The molecule has 4 heteroatoms. The van der Waals surface area contributed by atoms with Crippen LogP contribution in [0.4, 0.5) is 5.82 Å². The highest BCUT2D eigenvalue weighted by molar-refractivity contribution is 7.98. The fraction of sp³-hybridized carbons (Fsp3) is 0.667. The molecule has 1 aromatic rings. The van der Waals surface area contributed by atoms with Gasteiger partial charge in [0, 0.05) is 36.6 Å². The molecular weight excluding hydrogens is 254 g/mol. The summed E-state index contributed by atoms with van der Waals surface area (Å²) in [7, 11) is 2.21. The van der Waals surface area contributed by atoms with Crippen molar-refractivity contribution in [3.63, 3.8) is 0 Å². The van der Waals surface area contributed by atoms with Crippen molar-refractivity contribution in [3.05, 3.63) is 23.9 Å². The molecule has 0 aromatic carbocycles. The van der Waals surface area contributed by atoms with E-state index >= 15 is 0 Å². The van der Waals surface area contributed by atoms with Crippen LogP contribution in [0.3, 0.4) is 0 Å². The molecule has 0 bridgehead atoms. The molecule has 0 fully saturated rings. The van der Waals surface area contributed by atoms with Gasteiger partial charge < -0.3 is 5.32 Å². The minimum atomic E-state index is 0.634. The number of nitrogens with zero attached hydrogens (tertiary/aromatic N) is 2. The molecule has 0 saturated heterocycles. The largest absolute Gasteiger partial charge is 0.370 e. The minimum Gasteiger partial charge on any atom is -0.370 e. The molecule has 0 aliphatic rings. The second-order valence-electron chi connectivity index (χ2n) is 4.87. The van der Waals surface area contributed by atoms with E-state index in [4.69, 9.17) is 0 Å². The maximum absolute atomic E-state index is 4.46. The van der Waals surface area contributed by atoms with Crippen LogP contribution in [0.15, 0.2) is 18.3 Å². The summed E-state index contributed by atoms with van der Waals surface area (Å²) in [6.07, 6.45) is 6.35. The van der Waals surface area contributed by atoms with E-state index in [9.17, 15) is 0 Å². The Kier molecular flexibility index (Phi) is 7.91. The first kappa shape index (κ1) is 16.3. The zero-order valence-electron chi connectivity index (χ0n) is 12.6. The first-order valence-corrected chi connectivity index (χ1v) is 8.49. The van der Waals surface area contributed by atoms with Crippen molar-refractivity contribution in [1.29, 1.82) is 0 Å². The molecule has 0 aliphatic carbocycles. The standard InChI is InChI=1S/C15H27N3S/c1-5-9-16-15-13(8-7-10-17-15)11-18(3)14(6-2)12-19-4/h7-8,10,14H,5-6,9,11-12H2,1-4H3,(H,16,17). The monoisotopic (exact) mass is 281 g/mol. The zero-order chi connectivity index (χ0) is 14.1. The van der Waals surface area contributed by atoms with Crippen LogP contribution >= 0.6 is 11.8 Å². The van der Waals surface area contributed by atoms with E-state index in [1.807, 2.05) is 24.0 Å². The third-order valence-corrected chi connectivity index (χ3v) is 4.03. The van der Waals surface area contributed by atoms with Crippen LogP contribution in [0.25, 0.3) is 0 Å². The third kappa shape index (κ3) is 5.41. The predicted octanol–water partition coefficient (Wildman–Crippen LogP) is 3.48. The SMILES string of the molecule is CCCNc1ncccc1CN(C)C(CC)CSC. The number of nitrogens with one attached hydrogen (secondary N) is 1. The van der Waals surface area contributed by atoms with Crippen LogP contribution in [0.1, 0.15) is 32.3 Å². The third-order valence-electron chi connectivity index (χ3n) is 3.31. The molecule has 0 spiro atoms. The van der Waals surface area contributed by atoms with Gasteiger partial charge in [0.2, 0.25) is 0 Å². The molecule has 0 radical (unpaired) electrons. The second kappa shape index (κ2) is 9.21. The molecule has 1 rings (SSSR count). The summed E-state index contributed by atoms with van der Waals surface area (Å²) in [6, 6.07) is 4.83. The summed E-state index contributed by atoms with van der Waals surface area (Å²) in [5.74, 6) is 2.22. The number of thioether (sulfide) groups is 1. The molecule has 0 saturated carbocycles. The highest BCUT2D eigenvalue weighted by Gasteiger charge is 2.14. The van der Waals surface area contributed by atoms with Gasteiger partial charge in [-0.15, -0.1) is 0 Å². The van der Waals surface area contributed by atoms with Gasteiger partial charge in [-0.1, -0.05) is 19.9 Å². The van der Waals surface area contributed by atoms with E-state index in [-0.39, 0.29) is 0 Å². The van der Waals surface area contributed by atoms with Gasteiger partial charge in [0.25, 0.3) is 0 Å². The molecule has 1 N–H and O–H groups in total. The van der Waals surface area contributed by atoms with Crippen molar-refractivity contribution in [2.24, 2.45) is 0 Å². The smallest absolute Gasteiger partial charge is 0.130 e. The van der Waals surface area contributed by atoms with Gasteiger partial charge in [0.1, 0.15) is 5.82 Å². The topological polar surface area (TPSA) is 28.2 Å². The number of pyridine rings is 1. The van der Waals surface area contributed by atoms with Gasteiger partial charge in [-0.05, 0) is 32.2 Å². The lowest BCUT2D eigenvalue weighted by atomic mass is 10.2. The van der Waals surface area contributed by atoms with Gasteiger partial charge in [-0.2, -0.15) is 11.8 Å². The van der Waals surface area contributed by atoms with Crippen LogP contribution in [-0.2, 0) is 6.54 Å². The van der Waals surface area contributed by atoms with E-state index in [1.54, 1.807) is 0 Å². The van der Waals surface area contributed by atoms with E-state index in [0.717, 1.165) is 25.3 Å². The van der Waals surface area contributed by atoms with Crippen molar-refractivity contribution in [1.82, 2.24) is 9.88 Å². The lowest BCUT2D eigenvalue weighted by Gasteiger charge is -2.27. The second-order valence-corrected chi connectivity index (χ2v) is 5.78. The zero-order valence-corrected chi connectivity index (χ0v) is 13.5. The van der Waals surface area contributed by atoms with E-state index in [0.29, 0.717) is 6.04 Å². The van der Waals surface area contributed by atoms with E-state index in [1.165, 1.54) is 17.7 Å². The Balaban J connectivity index is 2.69. The number of hydrogen-bond donors (Lipinski definition) is 1. The van der Waals surface area contributed by atoms with Gasteiger partial charge in [-0.3, -0.25) is 4.90 Å². The quantitative estimate of drug-likeness (QED) is 0.750. The lowest BCUT2D eigenvalue weighted by Crippen LogP contribution is -2.33. The number of anilines is 1. The molecule has 1 aromatic heterocycles. The van der Waals surface area contributed by atoms with Crippen molar-refractivity contribution in [3.8, 4) is 0 Å². The van der Waals surface area contributed by atoms with Crippen LogP contribution < -0.4 is 5.32 Å². The Hall–Kier alpha value is -0.740. The summed E-state index contributed by atoms with van der Waals surface area (Å²) in [4.78, 5) is 6.89. The molecule has 0 amide bonds. The Labute approximate surface area is 122 Å². The molecular formula is C15H27N3S. The van der Waals surface area contributed by atoms with Gasteiger partial charge in [0.05, 0.1) is 0 Å². The molecule has 1 unspecified atom stereocenters. The molecule has 1 heterocycles.